The van der Waals surface area contributed by atoms with Gasteiger partial charge in [0, 0.05) is 0 Å². The van der Waals surface area contributed by atoms with E-state index >= 15 is 0 Å². The largest absolute Gasteiger partial charge is 0.506 e. The van der Waals surface area contributed by atoms with Crippen LogP contribution >= 0.6 is 11.6 Å². The number of ether oxygens (including phenoxy) is 1. The van der Waals surface area contributed by atoms with Gasteiger partial charge in [-0.3, -0.25) is 4.79 Å². The lowest BCUT2D eigenvalue weighted by atomic mass is 10.2. The van der Waals surface area contributed by atoms with Gasteiger partial charge in [0.25, 0.3) is 0 Å². The Kier molecular flexibility index (Phi) is 4.34. The van der Waals surface area contributed by atoms with E-state index in [1.165, 1.54) is 32.2 Å². The Balaban J connectivity index is 2.90. The van der Waals surface area contributed by atoms with Crippen molar-refractivity contribution in [3.63, 3.8) is 0 Å². The third-order valence-electron chi connectivity index (χ3n) is 2.04. The molecule has 92 valence electrons. The SMILES string of the molecule is COC(=O)c1ccc(NC(=O)C(C)Cl)c(O)c1. The van der Waals surface area contributed by atoms with E-state index in [-0.39, 0.29) is 17.0 Å². The Morgan fingerprint density at radius 3 is 2.59 bits per heavy atom. The van der Waals surface area contributed by atoms with Crippen LogP contribution in [0.4, 0.5) is 5.69 Å². The summed E-state index contributed by atoms with van der Waals surface area (Å²) in [4.78, 5) is 22.5. The molecule has 1 unspecified atom stereocenters. The number of anilines is 1. The summed E-state index contributed by atoms with van der Waals surface area (Å²) in [6.45, 7) is 1.51. The topological polar surface area (TPSA) is 75.6 Å². The molecule has 0 spiro atoms. The second-order valence-electron chi connectivity index (χ2n) is 3.33. The maximum atomic E-state index is 11.3. The predicted molar refractivity (Wildman–Crippen MR) is 63.4 cm³/mol. The monoisotopic (exact) mass is 257 g/mol. The smallest absolute Gasteiger partial charge is 0.337 e. The zero-order valence-electron chi connectivity index (χ0n) is 9.36. The average molecular weight is 258 g/mol. The molecule has 0 aliphatic carbocycles. The summed E-state index contributed by atoms with van der Waals surface area (Å²) in [6, 6.07) is 4.04. The van der Waals surface area contributed by atoms with Crippen LogP contribution < -0.4 is 5.32 Å². The number of amides is 1. The van der Waals surface area contributed by atoms with Crippen molar-refractivity contribution in [1.29, 1.82) is 0 Å². The molecule has 0 heterocycles. The number of halogens is 1. The molecule has 0 fully saturated rings. The molecule has 0 aromatic heterocycles. The summed E-state index contributed by atoms with van der Waals surface area (Å²) in [7, 11) is 1.24. The van der Waals surface area contributed by atoms with Crippen molar-refractivity contribution in [2.45, 2.75) is 12.3 Å². The van der Waals surface area contributed by atoms with Crippen LogP contribution in [0.3, 0.4) is 0 Å². The molecule has 0 radical (unpaired) electrons. The number of aromatic hydroxyl groups is 1. The number of methoxy groups -OCH3 is 1. The number of alkyl halides is 1. The van der Waals surface area contributed by atoms with Gasteiger partial charge in [0.2, 0.25) is 5.91 Å². The highest BCUT2D eigenvalue weighted by atomic mass is 35.5. The van der Waals surface area contributed by atoms with Crippen molar-refractivity contribution in [2.75, 3.05) is 12.4 Å². The Morgan fingerprint density at radius 1 is 1.47 bits per heavy atom. The summed E-state index contributed by atoms with van der Waals surface area (Å²) in [6.07, 6.45) is 0. The van der Waals surface area contributed by atoms with E-state index in [0.717, 1.165) is 0 Å². The summed E-state index contributed by atoms with van der Waals surface area (Å²) in [5.41, 5.74) is 0.386. The van der Waals surface area contributed by atoms with Crippen molar-refractivity contribution < 1.29 is 19.4 Å². The number of carbonyl (C=O) groups is 2. The number of rotatable bonds is 3. The Labute approximate surface area is 103 Å². The molecular formula is C11H12ClNO4. The number of phenolic OH excluding ortho intramolecular Hbond substituents is 1. The molecule has 1 atom stereocenters. The molecule has 5 nitrogen and oxygen atoms in total. The van der Waals surface area contributed by atoms with Gasteiger partial charge in [-0.05, 0) is 25.1 Å². The fourth-order valence-corrected chi connectivity index (χ4v) is 1.17. The number of esters is 1. The molecule has 1 amide bonds. The van der Waals surface area contributed by atoms with Crippen molar-refractivity contribution in [2.24, 2.45) is 0 Å². The van der Waals surface area contributed by atoms with Gasteiger partial charge in [-0.15, -0.1) is 11.6 Å². The lowest BCUT2D eigenvalue weighted by Crippen LogP contribution is -2.20. The summed E-state index contributed by atoms with van der Waals surface area (Å²) in [5, 5.41) is 11.3. The van der Waals surface area contributed by atoms with E-state index < -0.39 is 17.3 Å². The molecule has 1 aromatic carbocycles. The second-order valence-corrected chi connectivity index (χ2v) is 3.98. The molecule has 0 saturated carbocycles. The minimum atomic E-state index is -0.713. The highest BCUT2D eigenvalue weighted by molar-refractivity contribution is 6.32. The number of hydrogen-bond acceptors (Lipinski definition) is 4. The molecule has 0 saturated heterocycles. The first-order chi connectivity index (χ1) is 7.95. The van der Waals surface area contributed by atoms with Crippen LogP contribution in [0.2, 0.25) is 0 Å². The molecule has 0 aliphatic rings. The average Bonchev–Trinajstić information content (AvgIpc) is 2.30. The first-order valence-corrected chi connectivity index (χ1v) is 5.25. The summed E-state index contributed by atoms with van der Waals surface area (Å²) in [5.74, 6) is -1.23. The molecule has 1 aromatic rings. The Bertz CT molecular complexity index is 445. The maximum Gasteiger partial charge on any atom is 0.337 e. The third kappa shape index (κ3) is 3.35. The van der Waals surface area contributed by atoms with Gasteiger partial charge in [0.1, 0.15) is 11.1 Å². The number of benzene rings is 1. The van der Waals surface area contributed by atoms with Crippen molar-refractivity contribution in [3.8, 4) is 5.75 Å². The zero-order chi connectivity index (χ0) is 13.0. The van der Waals surface area contributed by atoms with Gasteiger partial charge in [-0.25, -0.2) is 4.79 Å². The molecule has 1 rings (SSSR count). The first kappa shape index (κ1) is 13.3. The van der Waals surface area contributed by atoms with Gasteiger partial charge in [0.15, 0.2) is 0 Å². The van der Waals surface area contributed by atoms with E-state index in [1.54, 1.807) is 0 Å². The van der Waals surface area contributed by atoms with E-state index in [1.807, 2.05) is 0 Å². The van der Waals surface area contributed by atoms with Crippen LogP contribution in [-0.4, -0.2) is 29.5 Å². The molecule has 6 heteroatoms. The van der Waals surface area contributed by atoms with Crippen molar-refractivity contribution in [1.82, 2.24) is 0 Å². The van der Waals surface area contributed by atoms with Crippen LogP contribution in [0.1, 0.15) is 17.3 Å². The van der Waals surface area contributed by atoms with Crippen molar-refractivity contribution >= 4 is 29.2 Å². The number of nitrogens with one attached hydrogen (secondary N) is 1. The first-order valence-electron chi connectivity index (χ1n) is 4.82. The number of carbonyl (C=O) groups excluding carboxylic acids is 2. The highest BCUT2D eigenvalue weighted by Crippen LogP contribution is 2.25. The molecular weight excluding hydrogens is 246 g/mol. The summed E-state index contributed by atoms with van der Waals surface area (Å²) < 4.78 is 4.49. The van der Waals surface area contributed by atoms with Crippen LogP contribution in [0.25, 0.3) is 0 Å². The predicted octanol–water partition coefficient (Wildman–Crippen LogP) is 1.74. The summed E-state index contributed by atoms with van der Waals surface area (Å²) >= 11 is 5.57. The van der Waals surface area contributed by atoms with Crippen molar-refractivity contribution in [3.05, 3.63) is 23.8 Å². The highest BCUT2D eigenvalue weighted by Gasteiger charge is 2.13. The van der Waals surface area contributed by atoms with Crippen LogP contribution in [0.5, 0.6) is 5.75 Å². The van der Waals surface area contributed by atoms with Gasteiger partial charge in [-0.1, -0.05) is 0 Å². The van der Waals surface area contributed by atoms with Crippen LogP contribution in [0.15, 0.2) is 18.2 Å². The third-order valence-corrected chi connectivity index (χ3v) is 2.24. The minimum absolute atomic E-state index is 0.190. The van der Waals surface area contributed by atoms with Gasteiger partial charge < -0.3 is 15.2 Å². The normalized spacial score (nSPS) is 11.7. The maximum absolute atomic E-state index is 11.3. The zero-order valence-corrected chi connectivity index (χ0v) is 10.1. The standard InChI is InChI=1S/C11H12ClNO4/c1-6(12)10(15)13-8-4-3-7(5-9(8)14)11(16)17-2/h3-6,14H,1-2H3,(H,13,15). The molecule has 17 heavy (non-hydrogen) atoms. The Hall–Kier alpha value is -1.75. The molecule has 0 bridgehead atoms. The van der Waals surface area contributed by atoms with E-state index in [0.29, 0.717) is 0 Å². The fourth-order valence-electron chi connectivity index (χ4n) is 1.11. The van der Waals surface area contributed by atoms with E-state index in [9.17, 15) is 14.7 Å². The van der Waals surface area contributed by atoms with Crippen LogP contribution in [0, 0.1) is 0 Å². The van der Waals surface area contributed by atoms with Crippen LogP contribution in [-0.2, 0) is 9.53 Å². The quantitative estimate of drug-likeness (QED) is 0.491. The fraction of sp³-hybridized carbons (Fsp3) is 0.273. The molecule has 2 N–H and O–H groups in total. The lowest BCUT2D eigenvalue weighted by Gasteiger charge is -2.09. The van der Waals surface area contributed by atoms with Gasteiger partial charge in [0.05, 0.1) is 18.4 Å². The minimum Gasteiger partial charge on any atom is -0.506 e. The van der Waals surface area contributed by atoms with E-state index in [2.05, 4.69) is 10.1 Å². The second kappa shape index (κ2) is 5.54. The molecule has 0 aliphatic heterocycles. The van der Waals surface area contributed by atoms with Gasteiger partial charge in [-0.2, -0.15) is 0 Å². The number of hydrogen-bond donors (Lipinski definition) is 2. The Morgan fingerprint density at radius 2 is 2.12 bits per heavy atom. The number of phenols is 1. The van der Waals surface area contributed by atoms with Gasteiger partial charge >= 0.3 is 5.97 Å². The van der Waals surface area contributed by atoms with E-state index in [4.69, 9.17) is 11.6 Å². The lowest BCUT2D eigenvalue weighted by molar-refractivity contribution is -0.115.